The normalized spacial score (nSPS) is 16.4. The van der Waals surface area contributed by atoms with Crippen molar-refractivity contribution in [1.82, 2.24) is 10.2 Å². The van der Waals surface area contributed by atoms with Crippen LogP contribution in [0.2, 0.25) is 0 Å². The van der Waals surface area contributed by atoms with Gasteiger partial charge in [-0.25, -0.2) is 0 Å². The molecule has 1 atom stereocenters. The van der Waals surface area contributed by atoms with Crippen molar-refractivity contribution in [2.24, 2.45) is 0 Å². The molecule has 0 unspecified atom stereocenters. The molecule has 0 aliphatic carbocycles. The summed E-state index contributed by atoms with van der Waals surface area (Å²) in [6.07, 6.45) is 2.12. The first-order valence-corrected chi connectivity index (χ1v) is 7.63. The van der Waals surface area contributed by atoms with Gasteiger partial charge in [-0.1, -0.05) is 6.08 Å². The average molecular weight is 345 g/mol. The number of rotatable bonds is 3. The summed E-state index contributed by atoms with van der Waals surface area (Å²) < 4.78 is 0. The zero-order valence-corrected chi connectivity index (χ0v) is 16.1. The molecule has 1 aromatic carbocycles. The highest BCUT2D eigenvalue weighted by molar-refractivity contribution is 5.85. The van der Waals surface area contributed by atoms with E-state index in [1.165, 1.54) is 33.4 Å². The Balaban J connectivity index is 0.00000220. The highest BCUT2D eigenvalue weighted by Gasteiger charge is 2.24. The molecule has 2 nitrogen and oxygen atoms in total. The average Bonchev–Trinajstić information content (AvgIpc) is 2.48. The van der Waals surface area contributed by atoms with Crippen molar-refractivity contribution in [3.8, 4) is 0 Å². The van der Waals surface area contributed by atoms with Gasteiger partial charge in [0.1, 0.15) is 0 Å². The van der Waals surface area contributed by atoms with Crippen molar-refractivity contribution >= 4 is 24.8 Å². The van der Waals surface area contributed by atoms with Gasteiger partial charge in [0, 0.05) is 26.2 Å². The monoisotopic (exact) mass is 344 g/mol. The Morgan fingerprint density at radius 2 is 1.27 bits per heavy atom. The standard InChI is InChI=1S/C18H28N2.2ClH/c1-7-17(20-10-8-19-9-11-20)18-15(5)13(3)12(2)14(4)16(18)6;;/h7,17,19H,1,8-11H2,2-6H3;2*1H/t17-;;/m1../s1. The first kappa shape index (κ1) is 21.5. The molecule has 0 amide bonds. The SMILES string of the molecule is C=C[C@H](c1c(C)c(C)c(C)c(C)c1C)N1CCNCC1.Cl.Cl. The minimum absolute atomic E-state index is 0. The van der Waals surface area contributed by atoms with Crippen molar-refractivity contribution in [1.29, 1.82) is 0 Å². The maximum absolute atomic E-state index is 4.11. The largest absolute Gasteiger partial charge is 0.314 e. The highest BCUT2D eigenvalue weighted by atomic mass is 35.5. The van der Waals surface area contributed by atoms with Crippen molar-refractivity contribution in [3.63, 3.8) is 0 Å². The molecule has 1 heterocycles. The lowest BCUT2D eigenvalue weighted by molar-refractivity contribution is 0.202. The van der Waals surface area contributed by atoms with Crippen molar-refractivity contribution < 1.29 is 0 Å². The maximum atomic E-state index is 4.11. The maximum Gasteiger partial charge on any atom is 0.0535 e. The van der Waals surface area contributed by atoms with E-state index in [1.54, 1.807) is 0 Å². The summed E-state index contributed by atoms with van der Waals surface area (Å²) in [7, 11) is 0. The van der Waals surface area contributed by atoms with Crippen LogP contribution in [0.25, 0.3) is 0 Å². The summed E-state index contributed by atoms with van der Waals surface area (Å²) in [5.41, 5.74) is 8.66. The topological polar surface area (TPSA) is 15.3 Å². The Kier molecular flexibility index (Phi) is 8.71. The molecule has 4 heteroatoms. The fourth-order valence-electron chi connectivity index (χ4n) is 3.38. The number of piperazine rings is 1. The number of hydrogen-bond acceptors (Lipinski definition) is 2. The number of benzene rings is 1. The quantitative estimate of drug-likeness (QED) is 0.826. The van der Waals surface area contributed by atoms with E-state index >= 15 is 0 Å². The molecular weight excluding hydrogens is 315 g/mol. The van der Waals surface area contributed by atoms with E-state index in [9.17, 15) is 0 Å². The number of halogens is 2. The molecule has 1 aromatic rings. The third-order valence-corrected chi connectivity index (χ3v) is 5.12. The summed E-state index contributed by atoms with van der Waals surface area (Å²) in [6.45, 7) is 19.7. The van der Waals surface area contributed by atoms with Crippen LogP contribution < -0.4 is 5.32 Å². The second-order valence-electron chi connectivity index (χ2n) is 6.01. The van der Waals surface area contributed by atoms with Gasteiger partial charge in [-0.3, -0.25) is 4.90 Å². The van der Waals surface area contributed by atoms with Crippen LogP contribution in [0.5, 0.6) is 0 Å². The molecule has 1 aliphatic rings. The summed E-state index contributed by atoms with van der Waals surface area (Å²) in [6, 6.07) is 0.343. The molecule has 2 rings (SSSR count). The van der Waals surface area contributed by atoms with Gasteiger partial charge in [0.2, 0.25) is 0 Å². The van der Waals surface area contributed by atoms with Crippen LogP contribution in [-0.4, -0.2) is 31.1 Å². The smallest absolute Gasteiger partial charge is 0.0535 e. The molecule has 22 heavy (non-hydrogen) atoms. The van der Waals surface area contributed by atoms with Gasteiger partial charge in [0.25, 0.3) is 0 Å². The Morgan fingerprint density at radius 3 is 1.68 bits per heavy atom. The Bertz CT molecular complexity index is 491. The molecule has 0 radical (unpaired) electrons. The van der Waals surface area contributed by atoms with Crippen LogP contribution in [0.4, 0.5) is 0 Å². The fraction of sp³-hybridized carbons (Fsp3) is 0.556. The van der Waals surface area contributed by atoms with E-state index in [4.69, 9.17) is 0 Å². The van der Waals surface area contributed by atoms with Gasteiger partial charge in [-0.2, -0.15) is 0 Å². The fourth-order valence-corrected chi connectivity index (χ4v) is 3.38. The van der Waals surface area contributed by atoms with E-state index < -0.39 is 0 Å². The predicted octanol–water partition coefficient (Wildman–Crippen LogP) is 4.20. The molecule has 0 saturated carbocycles. The van der Waals surface area contributed by atoms with Gasteiger partial charge in [0.15, 0.2) is 0 Å². The van der Waals surface area contributed by atoms with Gasteiger partial charge in [-0.05, 0) is 68.0 Å². The number of nitrogens with one attached hydrogen (secondary N) is 1. The summed E-state index contributed by atoms with van der Waals surface area (Å²) in [4.78, 5) is 2.55. The molecule has 1 aliphatic heterocycles. The number of hydrogen-bond donors (Lipinski definition) is 1. The molecule has 0 bridgehead atoms. The third kappa shape index (κ3) is 3.86. The molecule has 1 saturated heterocycles. The number of nitrogens with zero attached hydrogens (tertiary/aromatic N) is 1. The van der Waals surface area contributed by atoms with Gasteiger partial charge >= 0.3 is 0 Å². The molecule has 0 aromatic heterocycles. The Labute approximate surface area is 148 Å². The second-order valence-corrected chi connectivity index (χ2v) is 6.01. The van der Waals surface area contributed by atoms with Crippen LogP contribution in [0.15, 0.2) is 12.7 Å². The summed E-state index contributed by atoms with van der Waals surface area (Å²) in [5, 5.41) is 3.43. The first-order chi connectivity index (χ1) is 9.49. The van der Waals surface area contributed by atoms with E-state index in [-0.39, 0.29) is 24.8 Å². The zero-order valence-electron chi connectivity index (χ0n) is 14.5. The van der Waals surface area contributed by atoms with E-state index in [1.807, 2.05) is 0 Å². The van der Waals surface area contributed by atoms with Crippen molar-refractivity contribution in [2.75, 3.05) is 26.2 Å². The molecular formula is C18H30Cl2N2. The molecule has 126 valence electrons. The lowest BCUT2D eigenvalue weighted by Crippen LogP contribution is -2.45. The Morgan fingerprint density at radius 1 is 0.864 bits per heavy atom. The van der Waals surface area contributed by atoms with E-state index in [0.29, 0.717) is 6.04 Å². The second kappa shape index (κ2) is 8.93. The van der Waals surface area contributed by atoms with Crippen LogP contribution in [-0.2, 0) is 0 Å². The highest BCUT2D eigenvalue weighted by Crippen LogP contribution is 2.34. The molecule has 0 spiro atoms. The van der Waals surface area contributed by atoms with E-state index in [0.717, 1.165) is 26.2 Å². The van der Waals surface area contributed by atoms with Crippen molar-refractivity contribution in [2.45, 2.75) is 40.7 Å². The molecule has 1 N–H and O–H groups in total. The third-order valence-electron chi connectivity index (χ3n) is 5.12. The molecule has 1 fully saturated rings. The van der Waals surface area contributed by atoms with Gasteiger partial charge in [0.05, 0.1) is 6.04 Å². The summed E-state index contributed by atoms with van der Waals surface area (Å²) in [5.74, 6) is 0. The minimum Gasteiger partial charge on any atom is -0.314 e. The van der Waals surface area contributed by atoms with Crippen LogP contribution in [0.3, 0.4) is 0 Å². The van der Waals surface area contributed by atoms with Crippen LogP contribution >= 0.6 is 24.8 Å². The van der Waals surface area contributed by atoms with Crippen molar-refractivity contribution in [3.05, 3.63) is 46.0 Å². The Hall–Kier alpha value is -0.540. The lowest BCUT2D eigenvalue weighted by Gasteiger charge is -2.36. The van der Waals surface area contributed by atoms with E-state index in [2.05, 4.69) is 57.5 Å². The first-order valence-electron chi connectivity index (χ1n) is 7.63. The summed E-state index contributed by atoms with van der Waals surface area (Å²) >= 11 is 0. The van der Waals surface area contributed by atoms with Crippen LogP contribution in [0, 0.1) is 34.6 Å². The zero-order chi connectivity index (χ0) is 14.9. The van der Waals surface area contributed by atoms with Gasteiger partial charge in [-0.15, -0.1) is 31.4 Å². The van der Waals surface area contributed by atoms with Gasteiger partial charge < -0.3 is 5.32 Å². The minimum atomic E-state index is 0. The lowest BCUT2D eigenvalue weighted by atomic mass is 9.85. The van der Waals surface area contributed by atoms with Crippen LogP contribution in [0.1, 0.15) is 39.4 Å². The predicted molar refractivity (Wildman–Crippen MR) is 102 cm³/mol.